The molecule has 0 unspecified atom stereocenters. The number of rotatable bonds is 3. The zero-order valence-electron chi connectivity index (χ0n) is 13.0. The van der Waals surface area contributed by atoms with Crippen molar-refractivity contribution in [3.05, 3.63) is 29.3 Å². The van der Waals surface area contributed by atoms with Crippen LogP contribution in [0.4, 0.5) is 0 Å². The predicted octanol–water partition coefficient (Wildman–Crippen LogP) is -0.285. The monoisotopic (exact) mass is 213 g/mol. The zero-order valence-corrected chi connectivity index (χ0v) is 8.02. The van der Waals surface area contributed by atoms with Gasteiger partial charge in [0.15, 0.2) is 0 Å². The average molecular weight is 213 g/mol. The highest BCUT2D eigenvalue weighted by Crippen LogP contribution is 2.05. The van der Waals surface area contributed by atoms with Crippen LogP contribution in [0.5, 0.6) is 0 Å². The van der Waals surface area contributed by atoms with Crippen molar-refractivity contribution in [1.82, 2.24) is 0 Å². The van der Waals surface area contributed by atoms with Gasteiger partial charge in [-0.2, -0.15) is 0 Å². The third kappa shape index (κ3) is 2.58. The Balaban J connectivity index is 3.42. The Kier molecular flexibility index (Phi) is 2.08. The van der Waals surface area contributed by atoms with Crippen LogP contribution in [0.15, 0.2) is 18.2 Å². The number of hydrogen-bond donors (Lipinski definition) is 2. The molecule has 1 rings (SSSR count). The lowest BCUT2D eigenvalue weighted by molar-refractivity contribution is 0.0601. The molecule has 80 valence electrons. The number of esters is 1. The zero-order chi connectivity index (χ0) is 15.7. The standard InChI is InChI=1S/C10H13BO4/c1-3-7-4-5-8(10(12)15-2)9(6-7)11(13)14/h4-6,13-14H,3H2,1-2H3/i1D3,3D2. The molecule has 0 fully saturated rings. The minimum atomic E-state index is -2.93. The van der Waals surface area contributed by atoms with Crippen LogP contribution < -0.4 is 5.46 Å². The summed E-state index contributed by atoms with van der Waals surface area (Å²) in [4.78, 5) is 11.4. The van der Waals surface area contributed by atoms with Crippen molar-refractivity contribution < 1.29 is 26.4 Å². The molecule has 1 aromatic carbocycles. The number of ether oxygens (including phenoxy) is 1. The molecule has 2 N–H and O–H groups in total. The van der Waals surface area contributed by atoms with Crippen LogP contribution in [0.2, 0.25) is 0 Å². The second-order valence-corrected chi connectivity index (χ2v) is 2.79. The summed E-state index contributed by atoms with van der Waals surface area (Å²) in [6.07, 6.45) is -2.69. The Labute approximate surface area is 95.7 Å². The second kappa shape index (κ2) is 4.95. The van der Waals surface area contributed by atoms with Crippen LogP contribution in [0.3, 0.4) is 0 Å². The van der Waals surface area contributed by atoms with Crippen LogP contribution in [-0.2, 0) is 11.1 Å². The molecule has 0 aliphatic carbocycles. The fraction of sp³-hybridized carbons (Fsp3) is 0.300. The van der Waals surface area contributed by atoms with Gasteiger partial charge < -0.3 is 14.8 Å². The Hall–Kier alpha value is -1.33. The van der Waals surface area contributed by atoms with Gasteiger partial charge in [-0.1, -0.05) is 19.0 Å². The molecule has 0 radical (unpaired) electrons. The van der Waals surface area contributed by atoms with Gasteiger partial charge in [0.1, 0.15) is 0 Å². The van der Waals surface area contributed by atoms with Crippen LogP contribution in [0, 0.1) is 0 Å². The molecular weight excluding hydrogens is 195 g/mol. The van der Waals surface area contributed by atoms with E-state index in [9.17, 15) is 14.8 Å². The number of hydrogen-bond acceptors (Lipinski definition) is 4. The van der Waals surface area contributed by atoms with Gasteiger partial charge in [-0.25, -0.2) is 4.79 Å². The molecular formula is C10H13BO4. The minimum Gasteiger partial charge on any atom is -0.465 e. The van der Waals surface area contributed by atoms with Crippen molar-refractivity contribution in [2.45, 2.75) is 13.2 Å². The van der Waals surface area contributed by atoms with Gasteiger partial charge in [0.05, 0.1) is 12.7 Å². The lowest BCUT2D eigenvalue weighted by Gasteiger charge is -2.08. The maximum atomic E-state index is 11.4. The molecule has 0 heterocycles. The Bertz CT molecular complexity index is 515. The van der Waals surface area contributed by atoms with Crippen molar-refractivity contribution in [2.75, 3.05) is 7.11 Å². The molecule has 0 aromatic heterocycles. The summed E-state index contributed by atoms with van der Waals surface area (Å²) in [7, 11) is -0.956. The molecule has 1 aromatic rings. The van der Waals surface area contributed by atoms with E-state index in [0.717, 1.165) is 25.3 Å². The summed E-state index contributed by atoms with van der Waals surface area (Å²) < 4.78 is 41.2. The van der Waals surface area contributed by atoms with Crippen LogP contribution in [0.25, 0.3) is 0 Å². The molecule has 4 nitrogen and oxygen atoms in total. The summed E-state index contributed by atoms with van der Waals surface area (Å²) >= 11 is 0. The van der Waals surface area contributed by atoms with Crippen molar-refractivity contribution in [3.8, 4) is 0 Å². The lowest BCUT2D eigenvalue weighted by Crippen LogP contribution is -2.35. The Morgan fingerprint density at radius 1 is 1.67 bits per heavy atom. The Morgan fingerprint density at radius 3 is 2.93 bits per heavy atom. The van der Waals surface area contributed by atoms with Crippen molar-refractivity contribution in [3.63, 3.8) is 0 Å². The van der Waals surface area contributed by atoms with Gasteiger partial charge >= 0.3 is 13.1 Å². The first-order valence-corrected chi connectivity index (χ1v) is 4.11. The SMILES string of the molecule is [2H]C([2H])([2H])C([2H])([2H])c1ccc(C(=O)OC)c(B(O)O)c1. The molecule has 5 heteroatoms. The number of carbonyl (C=O) groups excluding carboxylic acids is 1. The van der Waals surface area contributed by atoms with E-state index in [2.05, 4.69) is 4.74 Å². The van der Waals surface area contributed by atoms with Gasteiger partial charge in [-0.3, -0.25) is 0 Å². The molecule has 0 aliphatic rings. The molecule has 0 spiro atoms. The number of aryl methyl sites for hydroxylation is 1. The molecule has 0 bridgehead atoms. The first kappa shape index (κ1) is 6.30. The van der Waals surface area contributed by atoms with E-state index in [-0.39, 0.29) is 16.6 Å². The van der Waals surface area contributed by atoms with Gasteiger partial charge in [0.2, 0.25) is 0 Å². The average Bonchev–Trinajstić information content (AvgIpc) is 2.35. The van der Waals surface area contributed by atoms with Crippen molar-refractivity contribution >= 4 is 18.6 Å². The molecule has 0 aliphatic heterocycles. The predicted molar refractivity (Wildman–Crippen MR) is 57.0 cm³/mol. The van der Waals surface area contributed by atoms with E-state index in [0.29, 0.717) is 0 Å². The van der Waals surface area contributed by atoms with E-state index in [1.165, 1.54) is 0 Å². The van der Waals surface area contributed by atoms with Crippen LogP contribution >= 0.6 is 0 Å². The van der Waals surface area contributed by atoms with E-state index in [1.807, 2.05) is 0 Å². The minimum absolute atomic E-state index is 0.174. The fourth-order valence-corrected chi connectivity index (χ4v) is 1.15. The van der Waals surface area contributed by atoms with Gasteiger partial charge in [0.25, 0.3) is 0 Å². The van der Waals surface area contributed by atoms with E-state index in [4.69, 9.17) is 6.85 Å². The van der Waals surface area contributed by atoms with Gasteiger partial charge in [-0.05, 0) is 23.5 Å². The molecule has 0 saturated carbocycles. The second-order valence-electron chi connectivity index (χ2n) is 2.79. The van der Waals surface area contributed by atoms with E-state index in [1.54, 1.807) is 0 Å². The highest BCUT2D eigenvalue weighted by Gasteiger charge is 2.21. The quantitative estimate of drug-likeness (QED) is 0.535. The molecule has 15 heavy (non-hydrogen) atoms. The van der Waals surface area contributed by atoms with Crippen LogP contribution in [0.1, 0.15) is 29.6 Å². The molecule has 0 saturated heterocycles. The highest BCUT2D eigenvalue weighted by atomic mass is 16.5. The Morgan fingerprint density at radius 2 is 2.40 bits per heavy atom. The maximum absolute atomic E-state index is 11.4. The summed E-state index contributed by atoms with van der Waals surface area (Å²) in [5.41, 5.74) is -0.775. The summed E-state index contributed by atoms with van der Waals surface area (Å²) in [5, 5.41) is 18.5. The van der Waals surface area contributed by atoms with Crippen LogP contribution in [-0.4, -0.2) is 30.2 Å². The van der Waals surface area contributed by atoms with Crippen molar-refractivity contribution in [2.24, 2.45) is 0 Å². The summed E-state index contributed by atoms with van der Waals surface area (Å²) in [6.45, 7) is -2.93. The lowest BCUT2D eigenvalue weighted by atomic mass is 9.76. The first-order chi connectivity index (χ1) is 9.02. The summed E-state index contributed by atoms with van der Waals surface area (Å²) in [6, 6.07) is 3.13. The molecule has 0 atom stereocenters. The fourth-order valence-electron chi connectivity index (χ4n) is 1.15. The third-order valence-corrected chi connectivity index (χ3v) is 1.88. The van der Waals surface area contributed by atoms with Gasteiger partial charge in [-0.15, -0.1) is 0 Å². The molecule has 0 amide bonds. The number of carbonyl (C=O) groups is 1. The van der Waals surface area contributed by atoms with E-state index >= 15 is 0 Å². The largest absolute Gasteiger partial charge is 0.489 e. The smallest absolute Gasteiger partial charge is 0.465 e. The van der Waals surface area contributed by atoms with Crippen molar-refractivity contribution in [1.29, 1.82) is 0 Å². The number of benzene rings is 1. The first-order valence-electron chi connectivity index (χ1n) is 6.61. The van der Waals surface area contributed by atoms with Gasteiger partial charge in [0, 0.05) is 6.85 Å². The van der Waals surface area contributed by atoms with E-state index < -0.39 is 26.3 Å². The topological polar surface area (TPSA) is 66.8 Å². The normalized spacial score (nSPS) is 16.6. The highest BCUT2D eigenvalue weighted by molar-refractivity contribution is 6.60. The summed E-state index contributed by atoms with van der Waals surface area (Å²) in [5.74, 6) is -0.839. The number of methoxy groups -OCH3 is 1. The maximum Gasteiger partial charge on any atom is 0.489 e. The third-order valence-electron chi connectivity index (χ3n) is 1.88.